The molecule has 2 unspecified atom stereocenters. The van der Waals surface area contributed by atoms with E-state index in [1.165, 1.54) is 19.3 Å². The molecule has 1 saturated heterocycles. The number of nitrogens with zero attached hydrogens (tertiary/aromatic N) is 1. The molecule has 5 heteroatoms. The quantitative estimate of drug-likeness (QED) is 0.900. The summed E-state index contributed by atoms with van der Waals surface area (Å²) in [4.78, 5) is 0. The lowest BCUT2D eigenvalue weighted by atomic mass is 10.00. The van der Waals surface area contributed by atoms with Gasteiger partial charge in [0, 0.05) is 18.6 Å². The highest BCUT2D eigenvalue weighted by atomic mass is 35.5. The van der Waals surface area contributed by atoms with E-state index in [1.807, 2.05) is 12.1 Å². The highest BCUT2D eigenvalue weighted by molar-refractivity contribution is 6.32. The van der Waals surface area contributed by atoms with Crippen LogP contribution in [0.4, 0.5) is 0 Å². The van der Waals surface area contributed by atoms with Crippen LogP contribution in [0.2, 0.25) is 5.02 Å². The highest BCUT2D eigenvalue weighted by Crippen LogP contribution is 2.36. The number of ether oxygens (including phenoxy) is 2. The van der Waals surface area contributed by atoms with Gasteiger partial charge in [-0.2, -0.15) is 0 Å². The van der Waals surface area contributed by atoms with E-state index in [-0.39, 0.29) is 0 Å². The van der Waals surface area contributed by atoms with Crippen molar-refractivity contribution in [3.8, 4) is 11.5 Å². The van der Waals surface area contributed by atoms with Crippen LogP contribution in [0, 0.1) is 0 Å². The first-order valence-corrected chi connectivity index (χ1v) is 7.86. The Morgan fingerprint density at radius 2 is 1.86 bits per heavy atom. The van der Waals surface area contributed by atoms with Crippen LogP contribution in [0.25, 0.3) is 0 Å². The van der Waals surface area contributed by atoms with Crippen LogP contribution >= 0.6 is 11.6 Å². The predicted molar refractivity (Wildman–Crippen MR) is 86.0 cm³/mol. The molecule has 2 rings (SSSR count). The van der Waals surface area contributed by atoms with E-state index in [0.29, 0.717) is 28.6 Å². The molecule has 0 amide bonds. The maximum absolute atomic E-state index is 6.25. The van der Waals surface area contributed by atoms with E-state index in [9.17, 15) is 0 Å². The average Bonchev–Trinajstić information content (AvgIpc) is 2.46. The number of halogens is 1. The lowest BCUT2D eigenvalue weighted by Crippen LogP contribution is -2.51. The third-order valence-corrected chi connectivity index (χ3v) is 4.43. The summed E-state index contributed by atoms with van der Waals surface area (Å²) in [5, 5.41) is 2.93. The molecule has 1 heterocycles. The van der Waals surface area contributed by atoms with Crippen LogP contribution in [-0.2, 0) is 6.54 Å². The summed E-state index contributed by atoms with van der Waals surface area (Å²) in [7, 11) is 3.22. The van der Waals surface area contributed by atoms with E-state index >= 15 is 0 Å². The second-order valence-electron chi connectivity index (χ2n) is 5.68. The summed E-state index contributed by atoms with van der Waals surface area (Å²) < 4.78 is 10.6. The van der Waals surface area contributed by atoms with Crippen molar-refractivity contribution in [2.24, 2.45) is 0 Å². The maximum atomic E-state index is 6.25. The van der Waals surface area contributed by atoms with Crippen molar-refractivity contribution in [2.75, 3.05) is 14.2 Å². The summed E-state index contributed by atoms with van der Waals surface area (Å²) in [5.74, 6) is 1.25. The summed E-state index contributed by atoms with van der Waals surface area (Å²) in [6.45, 7) is 5.27. The molecule has 0 saturated carbocycles. The SMILES string of the molecule is COc1cc(CNN2C(C)CCCC2C)cc(Cl)c1OC. The van der Waals surface area contributed by atoms with Gasteiger partial charge >= 0.3 is 0 Å². The van der Waals surface area contributed by atoms with E-state index in [4.69, 9.17) is 21.1 Å². The second-order valence-corrected chi connectivity index (χ2v) is 6.09. The molecular formula is C16H25ClN2O2. The molecule has 0 bridgehead atoms. The van der Waals surface area contributed by atoms with Gasteiger partial charge in [-0.25, -0.2) is 5.01 Å². The van der Waals surface area contributed by atoms with Crippen LogP contribution in [0.15, 0.2) is 12.1 Å². The molecule has 0 radical (unpaired) electrons. The molecule has 0 aromatic heterocycles. The Balaban J connectivity index is 2.07. The number of methoxy groups -OCH3 is 2. The Labute approximate surface area is 132 Å². The van der Waals surface area contributed by atoms with Crippen LogP contribution < -0.4 is 14.9 Å². The van der Waals surface area contributed by atoms with Crippen LogP contribution in [0.5, 0.6) is 11.5 Å². The fourth-order valence-corrected chi connectivity index (χ4v) is 3.30. The fraction of sp³-hybridized carbons (Fsp3) is 0.625. The zero-order chi connectivity index (χ0) is 15.4. The minimum absolute atomic E-state index is 0.560. The van der Waals surface area contributed by atoms with Gasteiger partial charge in [0.2, 0.25) is 0 Å². The summed E-state index contributed by atoms with van der Waals surface area (Å²) in [5.41, 5.74) is 4.62. The molecule has 1 aromatic rings. The number of hydrazine groups is 1. The maximum Gasteiger partial charge on any atom is 0.179 e. The molecule has 118 valence electrons. The Bertz CT molecular complexity index is 472. The van der Waals surface area contributed by atoms with Crippen molar-refractivity contribution in [1.29, 1.82) is 0 Å². The number of rotatable bonds is 5. The molecule has 1 N–H and O–H groups in total. The summed E-state index contributed by atoms with van der Waals surface area (Å²) in [6.07, 6.45) is 3.79. The number of nitrogens with one attached hydrogen (secondary N) is 1. The smallest absolute Gasteiger partial charge is 0.179 e. The lowest BCUT2D eigenvalue weighted by Gasteiger charge is -2.39. The minimum atomic E-state index is 0.560. The van der Waals surface area contributed by atoms with Crippen molar-refractivity contribution >= 4 is 11.6 Å². The van der Waals surface area contributed by atoms with Crippen molar-refractivity contribution in [3.63, 3.8) is 0 Å². The zero-order valence-corrected chi connectivity index (χ0v) is 14.0. The largest absolute Gasteiger partial charge is 0.493 e. The summed E-state index contributed by atoms with van der Waals surface area (Å²) >= 11 is 6.25. The monoisotopic (exact) mass is 312 g/mol. The van der Waals surface area contributed by atoms with Crippen LogP contribution in [-0.4, -0.2) is 31.3 Å². The topological polar surface area (TPSA) is 33.7 Å². The Morgan fingerprint density at radius 3 is 2.43 bits per heavy atom. The van der Waals surface area contributed by atoms with Gasteiger partial charge in [0.1, 0.15) is 0 Å². The van der Waals surface area contributed by atoms with Gasteiger partial charge in [0.05, 0.1) is 19.2 Å². The lowest BCUT2D eigenvalue weighted by molar-refractivity contribution is 0.0435. The molecule has 1 aliphatic heterocycles. The first kappa shape index (κ1) is 16.4. The van der Waals surface area contributed by atoms with E-state index in [1.54, 1.807) is 14.2 Å². The predicted octanol–water partition coefficient (Wildman–Crippen LogP) is 3.62. The zero-order valence-electron chi connectivity index (χ0n) is 13.3. The third-order valence-electron chi connectivity index (χ3n) is 4.15. The highest BCUT2D eigenvalue weighted by Gasteiger charge is 2.24. The van der Waals surface area contributed by atoms with Gasteiger partial charge in [-0.3, -0.25) is 5.43 Å². The Kier molecular flexibility index (Phi) is 5.73. The van der Waals surface area contributed by atoms with Crippen molar-refractivity contribution < 1.29 is 9.47 Å². The van der Waals surface area contributed by atoms with Crippen molar-refractivity contribution in [3.05, 3.63) is 22.7 Å². The van der Waals surface area contributed by atoms with Gasteiger partial charge in [-0.1, -0.05) is 18.0 Å². The normalized spacial score (nSPS) is 23.1. The molecule has 4 nitrogen and oxygen atoms in total. The molecule has 21 heavy (non-hydrogen) atoms. The Hall–Kier alpha value is -0.970. The van der Waals surface area contributed by atoms with Gasteiger partial charge in [-0.05, 0) is 44.4 Å². The minimum Gasteiger partial charge on any atom is -0.493 e. The molecule has 1 aromatic carbocycles. The molecule has 1 fully saturated rings. The molecule has 2 atom stereocenters. The molecule has 1 aliphatic rings. The van der Waals surface area contributed by atoms with Gasteiger partial charge in [-0.15, -0.1) is 0 Å². The van der Waals surface area contributed by atoms with Gasteiger partial charge < -0.3 is 9.47 Å². The summed E-state index contributed by atoms with van der Waals surface area (Å²) in [6, 6.07) is 5.01. The number of benzene rings is 1. The fourth-order valence-electron chi connectivity index (χ4n) is 2.99. The van der Waals surface area contributed by atoms with Crippen LogP contribution in [0.3, 0.4) is 0 Å². The first-order valence-electron chi connectivity index (χ1n) is 7.49. The van der Waals surface area contributed by atoms with E-state index < -0.39 is 0 Å². The molecule has 0 aliphatic carbocycles. The molecule has 0 spiro atoms. The van der Waals surface area contributed by atoms with E-state index in [0.717, 1.165) is 12.1 Å². The molecular weight excluding hydrogens is 288 g/mol. The van der Waals surface area contributed by atoms with E-state index in [2.05, 4.69) is 24.3 Å². The third kappa shape index (κ3) is 3.82. The number of piperidine rings is 1. The van der Waals surface area contributed by atoms with Gasteiger partial charge in [0.25, 0.3) is 0 Å². The van der Waals surface area contributed by atoms with Gasteiger partial charge in [0.15, 0.2) is 11.5 Å². The first-order chi connectivity index (χ1) is 10.1. The van der Waals surface area contributed by atoms with Crippen molar-refractivity contribution in [2.45, 2.75) is 51.7 Å². The standard InChI is InChI=1S/C16H25ClN2O2/c1-11-6-5-7-12(2)19(11)18-10-13-8-14(17)16(21-4)15(9-13)20-3/h8-9,11-12,18H,5-7,10H2,1-4H3. The second kappa shape index (κ2) is 7.34. The number of hydrogen-bond acceptors (Lipinski definition) is 4. The van der Waals surface area contributed by atoms with Crippen molar-refractivity contribution in [1.82, 2.24) is 10.4 Å². The van der Waals surface area contributed by atoms with Crippen LogP contribution in [0.1, 0.15) is 38.7 Å². The average molecular weight is 313 g/mol. The number of hydrogen-bond donors (Lipinski definition) is 1. The Morgan fingerprint density at radius 1 is 1.19 bits per heavy atom.